The number of nitrogens with one attached hydrogen (secondary N) is 2. The lowest BCUT2D eigenvalue weighted by molar-refractivity contribution is -0.123. The summed E-state index contributed by atoms with van der Waals surface area (Å²) in [6.07, 6.45) is -0.150. The van der Waals surface area contributed by atoms with Gasteiger partial charge in [-0.05, 0) is 18.2 Å². The minimum atomic E-state index is -0.387. The molecule has 1 aliphatic rings. The molecule has 1 saturated heterocycles. The largest absolute Gasteiger partial charge is 0.493 e. The first-order valence-electron chi connectivity index (χ1n) is 6.71. The van der Waals surface area contributed by atoms with Gasteiger partial charge in [-0.1, -0.05) is 0 Å². The van der Waals surface area contributed by atoms with Gasteiger partial charge in [-0.15, -0.1) is 11.8 Å². The predicted octanol–water partition coefficient (Wildman–Crippen LogP) is 0.298. The third kappa shape index (κ3) is 4.12. The lowest BCUT2D eigenvalue weighted by Gasteiger charge is -2.28. The van der Waals surface area contributed by atoms with Crippen molar-refractivity contribution in [1.82, 2.24) is 10.6 Å². The molecule has 1 aliphatic heterocycles. The van der Waals surface area contributed by atoms with Crippen molar-refractivity contribution >= 4 is 23.5 Å². The first-order valence-corrected chi connectivity index (χ1v) is 7.76. The van der Waals surface area contributed by atoms with E-state index in [1.165, 1.54) is 26.0 Å². The van der Waals surface area contributed by atoms with Crippen molar-refractivity contribution in [3.8, 4) is 11.5 Å². The Balaban J connectivity index is 1.96. The molecule has 1 aromatic rings. The third-order valence-corrected chi connectivity index (χ3v) is 4.17. The van der Waals surface area contributed by atoms with Gasteiger partial charge in [-0.25, -0.2) is 0 Å². The monoisotopic (exact) mass is 325 g/mol. The normalized spacial score (nSPS) is 21.1. The van der Waals surface area contributed by atoms with Gasteiger partial charge in [0.15, 0.2) is 17.3 Å². The number of hydrogen-bond acceptors (Lipinski definition) is 7. The number of Topliss-reactive ketones (excluding diaryl/α,β-unsaturated/α-hetero) is 1. The van der Waals surface area contributed by atoms with Crippen LogP contribution in [-0.4, -0.2) is 43.3 Å². The van der Waals surface area contributed by atoms with E-state index in [-0.39, 0.29) is 35.5 Å². The lowest BCUT2D eigenvalue weighted by atomic mass is 10.1. The molecule has 2 atom stereocenters. The van der Waals surface area contributed by atoms with Crippen LogP contribution in [0.1, 0.15) is 16.8 Å². The number of benzene rings is 1. The molecule has 8 heteroatoms. The van der Waals surface area contributed by atoms with Crippen LogP contribution in [0, 0.1) is 0 Å². The standard InChI is InChI=1S/C14H19N3O4S/c1-20-10-4-3-8(5-11(10)21-2)9(18)7-22-14-16-12(15)6-13(19)17-14/h3-5,12,14,16H,6-7,15H2,1-2H3,(H,17,19). The molecule has 1 heterocycles. The highest BCUT2D eigenvalue weighted by Crippen LogP contribution is 2.28. The van der Waals surface area contributed by atoms with Gasteiger partial charge in [0, 0.05) is 5.56 Å². The summed E-state index contributed by atoms with van der Waals surface area (Å²) < 4.78 is 10.3. The Morgan fingerprint density at radius 3 is 2.73 bits per heavy atom. The Hall–Kier alpha value is -1.77. The number of nitrogens with two attached hydrogens (primary N) is 1. The maximum atomic E-state index is 12.2. The molecule has 1 amide bonds. The lowest BCUT2D eigenvalue weighted by Crippen LogP contribution is -2.58. The first-order chi connectivity index (χ1) is 10.5. The minimum absolute atomic E-state index is 0.0684. The van der Waals surface area contributed by atoms with Crippen LogP contribution in [-0.2, 0) is 4.79 Å². The van der Waals surface area contributed by atoms with E-state index in [2.05, 4.69) is 10.6 Å². The van der Waals surface area contributed by atoms with Crippen LogP contribution in [0.15, 0.2) is 18.2 Å². The quantitative estimate of drug-likeness (QED) is 0.646. The molecular weight excluding hydrogens is 306 g/mol. The van der Waals surface area contributed by atoms with Gasteiger partial charge in [-0.3, -0.25) is 14.9 Å². The van der Waals surface area contributed by atoms with E-state index < -0.39 is 0 Å². The molecule has 0 radical (unpaired) electrons. The molecule has 0 aliphatic carbocycles. The highest BCUT2D eigenvalue weighted by Gasteiger charge is 2.24. The molecule has 120 valence electrons. The highest BCUT2D eigenvalue weighted by molar-refractivity contribution is 8.00. The molecule has 0 saturated carbocycles. The molecule has 1 fully saturated rings. The van der Waals surface area contributed by atoms with Crippen molar-refractivity contribution in [3.05, 3.63) is 23.8 Å². The molecule has 4 N–H and O–H groups in total. The fourth-order valence-corrected chi connectivity index (χ4v) is 3.01. The Bertz CT molecular complexity index is 567. The number of thioether (sulfide) groups is 1. The summed E-state index contributed by atoms with van der Waals surface area (Å²) in [5.41, 5.74) is 5.87. The van der Waals surface area contributed by atoms with Crippen LogP contribution in [0.5, 0.6) is 11.5 Å². The number of hydrogen-bond donors (Lipinski definition) is 3. The van der Waals surface area contributed by atoms with Crippen LogP contribution in [0.25, 0.3) is 0 Å². The van der Waals surface area contributed by atoms with Crippen LogP contribution in [0.4, 0.5) is 0 Å². The summed E-state index contributed by atoms with van der Waals surface area (Å²) in [6.45, 7) is 0. The smallest absolute Gasteiger partial charge is 0.224 e. The van der Waals surface area contributed by atoms with Crippen molar-refractivity contribution in [1.29, 1.82) is 0 Å². The topological polar surface area (TPSA) is 103 Å². The summed E-state index contributed by atoms with van der Waals surface area (Å²) in [5.74, 6) is 1.09. The van der Waals surface area contributed by atoms with Crippen molar-refractivity contribution in [3.63, 3.8) is 0 Å². The van der Waals surface area contributed by atoms with E-state index in [1.54, 1.807) is 18.2 Å². The van der Waals surface area contributed by atoms with Gasteiger partial charge in [0.2, 0.25) is 5.91 Å². The summed E-state index contributed by atoms with van der Waals surface area (Å²) in [4.78, 5) is 23.6. The number of amides is 1. The second-order valence-electron chi connectivity index (χ2n) is 4.73. The van der Waals surface area contributed by atoms with Gasteiger partial charge >= 0.3 is 0 Å². The van der Waals surface area contributed by atoms with E-state index in [4.69, 9.17) is 15.2 Å². The number of carbonyl (C=O) groups is 2. The van der Waals surface area contributed by atoms with E-state index in [0.29, 0.717) is 17.1 Å². The number of methoxy groups -OCH3 is 2. The Morgan fingerprint density at radius 1 is 1.36 bits per heavy atom. The van der Waals surface area contributed by atoms with E-state index in [9.17, 15) is 9.59 Å². The molecule has 0 spiro atoms. The fourth-order valence-electron chi connectivity index (χ4n) is 2.04. The average Bonchev–Trinajstić information content (AvgIpc) is 2.51. The van der Waals surface area contributed by atoms with Crippen molar-refractivity contribution in [2.45, 2.75) is 18.1 Å². The molecule has 2 unspecified atom stereocenters. The second-order valence-corrected chi connectivity index (χ2v) is 5.82. The van der Waals surface area contributed by atoms with Crippen molar-refractivity contribution < 1.29 is 19.1 Å². The van der Waals surface area contributed by atoms with Crippen molar-refractivity contribution in [2.24, 2.45) is 5.73 Å². The second kappa shape index (κ2) is 7.48. The van der Waals surface area contributed by atoms with Crippen molar-refractivity contribution in [2.75, 3.05) is 20.0 Å². The average molecular weight is 325 g/mol. The van der Waals surface area contributed by atoms with E-state index in [0.717, 1.165) is 0 Å². The summed E-state index contributed by atoms with van der Waals surface area (Å²) >= 11 is 1.29. The SMILES string of the molecule is COc1ccc(C(=O)CSC2NC(=O)CC(N)N2)cc1OC. The number of carbonyl (C=O) groups excluding carboxylic acids is 2. The predicted molar refractivity (Wildman–Crippen MR) is 84.0 cm³/mol. The molecule has 2 rings (SSSR count). The Kier molecular flexibility index (Phi) is 5.64. The maximum absolute atomic E-state index is 12.2. The summed E-state index contributed by atoms with van der Waals surface area (Å²) in [7, 11) is 3.06. The third-order valence-electron chi connectivity index (χ3n) is 3.15. The highest BCUT2D eigenvalue weighted by atomic mass is 32.2. The molecule has 0 bridgehead atoms. The van der Waals surface area contributed by atoms with E-state index in [1.807, 2.05) is 0 Å². The zero-order valence-electron chi connectivity index (χ0n) is 12.4. The molecule has 7 nitrogen and oxygen atoms in total. The Labute approximate surface area is 132 Å². The van der Waals surface area contributed by atoms with Crippen LogP contribution < -0.4 is 25.8 Å². The zero-order chi connectivity index (χ0) is 16.1. The molecule has 0 aromatic heterocycles. The molecule has 1 aromatic carbocycles. The summed E-state index contributed by atoms with van der Waals surface area (Å²) in [5, 5.41) is 5.74. The molecule has 22 heavy (non-hydrogen) atoms. The summed E-state index contributed by atoms with van der Waals surface area (Å²) in [6, 6.07) is 5.01. The molecular formula is C14H19N3O4S. The van der Waals surface area contributed by atoms with Gasteiger partial charge in [0.25, 0.3) is 0 Å². The van der Waals surface area contributed by atoms with Gasteiger partial charge in [-0.2, -0.15) is 0 Å². The van der Waals surface area contributed by atoms with Crippen LogP contribution in [0.2, 0.25) is 0 Å². The van der Waals surface area contributed by atoms with Crippen LogP contribution in [0.3, 0.4) is 0 Å². The van der Waals surface area contributed by atoms with E-state index >= 15 is 0 Å². The maximum Gasteiger partial charge on any atom is 0.224 e. The number of ether oxygens (including phenoxy) is 2. The first kappa shape index (κ1) is 16.6. The minimum Gasteiger partial charge on any atom is -0.493 e. The van der Waals surface area contributed by atoms with Crippen LogP contribution >= 0.6 is 11.8 Å². The number of ketones is 1. The van der Waals surface area contributed by atoms with Gasteiger partial charge in [0.05, 0.1) is 32.6 Å². The number of rotatable bonds is 6. The Morgan fingerprint density at radius 2 is 2.09 bits per heavy atom. The van der Waals surface area contributed by atoms with Gasteiger partial charge < -0.3 is 20.5 Å². The zero-order valence-corrected chi connectivity index (χ0v) is 13.2. The fraction of sp³-hybridized carbons (Fsp3) is 0.429. The van der Waals surface area contributed by atoms with Gasteiger partial charge in [0.1, 0.15) is 5.50 Å².